The molecule has 0 aliphatic heterocycles. The van der Waals surface area contributed by atoms with Gasteiger partial charge in [-0.1, -0.05) is 23.2 Å². The van der Waals surface area contributed by atoms with Crippen molar-refractivity contribution in [2.24, 2.45) is 0 Å². The number of carbonyl (C=O) groups excluding carboxylic acids is 1. The molecule has 0 bridgehead atoms. The van der Waals surface area contributed by atoms with E-state index in [9.17, 15) is 18.0 Å². The van der Waals surface area contributed by atoms with Crippen molar-refractivity contribution in [1.82, 2.24) is 4.72 Å². The average Bonchev–Trinajstić information content (AvgIpc) is 2.53. The smallest absolute Gasteiger partial charge is 0.318 e. The summed E-state index contributed by atoms with van der Waals surface area (Å²) in [5, 5.41) is 11.7. The Labute approximate surface area is 153 Å². The van der Waals surface area contributed by atoms with E-state index in [1.807, 2.05) is 4.72 Å². The molecule has 3 N–H and O–H groups in total. The van der Waals surface area contributed by atoms with E-state index in [1.54, 1.807) is 0 Å². The van der Waals surface area contributed by atoms with Crippen molar-refractivity contribution in [3.8, 4) is 0 Å². The molecule has 0 atom stereocenters. The van der Waals surface area contributed by atoms with Crippen molar-refractivity contribution in [3.05, 3.63) is 58.1 Å². The first-order valence-corrected chi connectivity index (χ1v) is 9.01. The van der Waals surface area contributed by atoms with Crippen LogP contribution in [0.2, 0.25) is 10.0 Å². The number of carboxylic acids is 1. The summed E-state index contributed by atoms with van der Waals surface area (Å²) >= 11 is 11.7. The van der Waals surface area contributed by atoms with Crippen LogP contribution in [0.4, 0.5) is 5.69 Å². The molecule has 0 unspecified atom stereocenters. The number of rotatable bonds is 6. The van der Waals surface area contributed by atoms with Crippen molar-refractivity contribution in [1.29, 1.82) is 0 Å². The van der Waals surface area contributed by atoms with Crippen molar-refractivity contribution < 1.29 is 23.1 Å². The van der Waals surface area contributed by atoms with Crippen LogP contribution in [-0.4, -0.2) is 31.9 Å². The minimum Gasteiger partial charge on any atom is -0.480 e. The number of benzene rings is 2. The van der Waals surface area contributed by atoms with Crippen LogP contribution in [0.3, 0.4) is 0 Å². The predicted octanol–water partition coefficient (Wildman–Crippen LogP) is 2.61. The van der Waals surface area contributed by atoms with Gasteiger partial charge in [0.25, 0.3) is 5.91 Å². The predicted molar refractivity (Wildman–Crippen MR) is 93.7 cm³/mol. The van der Waals surface area contributed by atoms with Crippen LogP contribution in [0.15, 0.2) is 47.4 Å². The molecule has 0 spiro atoms. The van der Waals surface area contributed by atoms with Gasteiger partial charge in [-0.05, 0) is 42.5 Å². The van der Waals surface area contributed by atoms with Crippen LogP contribution in [0.25, 0.3) is 0 Å². The number of aliphatic carboxylic acids is 1. The molecule has 0 radical (unpaired) electrons. The first kappa shape index (κ1) is 19.2. The second-order valence-electron chi connectivity index (χ2n) is 4.82. The summed E-state index contributed by atoms with van der Waals surface area (Å²) in [6.45, 7) is -0.726. The minimum absolute atomic E-state index is 0.128. The molecule has 0 aliphatic carbocycles. The second kappa shape index (κ2) is 7.83. The molecule has 0 aliphatic rings. The maximum Gasteiger partial charge on any atom is 0.318 e. The largest absolute Gasteiger partial charge is 0.480 e. The van der Waals surface area contributed by atoms with Gasteiger partial charge in [0.05, 0.1) is 15.5 Å². The Balaban J connectivity index is 2.12. The van der Waals surface area contributed by atoms with E-state index in [0.717, 1.165) is 0 Å². The van der Waals surface area contributed by atoms with E-state index in [2.05, 4.69) is 5.32 Å². The molecule has 0 fully saturated rings. The third-order valence-corrected chi connectivity index (χ3v) is 4.98. The third-order valence-electron chi connectivity index (χ3n) is 3.01. The Bertz CT molecular complexity index is 914. The van der Waals surface area contributed by atoms with Crippen LogP contribution >= 0.6 is 23.2 Å². The fraction of sp³-hybridized carbons (Fsp3) is 0.0667. The molecule has 25 heavy (non-hydrogen) atoms. The monoisotopic (exact) mass is 402 g/mol. The van der Waals surface area contributed by atoms with Crippen LogP contribution in [0, 0.1) is 0 Å². The number of amides is 1. The van der Waals surface area contributed by atoms with Crippen molar-refractivity contribution in [2.45, 2.75) is 4.90 Å². The Kier molecular flexibility index (Phi) is 6.02. The number of hydrogen-bond donors (Lipinski definition) is 3. The van der Waals surface area contributed by atoms with E-state index in [1.165, 1.54) is 42.5 Å². The quantitative estimate of drug-likeness (QED) is 0.687. The fourth-order valence-corrected chi connectivity index (χ4v) is 3.30. The summed E-state index contributed by atoms with van der Waals surface area (Å²) in [5.41, 5.74) is 0.555. The highest BCUT2D eigenvalue weighted by Gasteiger charge is 2.16. The first-order chi connectivity index (χ1) is 11.7. The zero-order valence-electron chi connectivity index (χ0n) is 12.5. The van der Waals surface area contributed by atoms with E-state index < -0.39 is 28.4 Å². The first-order valence-electron chi connectivity index (χ1n) is 6.77. The molecule has 7 nitrogen and oxygen atoms in total. The third kappa shape index (κ3) is 5.17. The number of hydrogen-bond acceptors (Lipinski definition) is 4. The molecule has 0 heterocycles. The number of sulfonamides is 1. The van der Waals surface area contributed by atoms with Crippen LogP contribution in [-0.2, 0) is 14.8 Å². The van der Waals surface area contributed by atoms with E-state index in [4.69, 9.17) is 28.3 Å². The average molecular weight is 403 g/mol. The molecule has 132 valence electrons. The van der Waals surface area contributed by atoms with Gasteiger partial charge >= 0.3 is 5.97 Å². The SMILES string of the molecule is O=C(O)CNS(=O)(=O)c1ccc(NC(=O)c2ccc(Cl)cc2Cl)cc1. The zero-order valence-corrected chi connectivity index (χ0v) is 14.8. The van der Waals surface area contributed by atoms with Crippen molar-refractivity contribution in [2.75, 3.05) is 11.9 Å². The molecule has 0 saturated heterocycles. The summed E-state index contributed by atoms with van der Waals surface area (Å²) in [5.74, 6) is -1.78. The minimum atomic E-state index is -3.94. The molecular weight excluding hydrogens is 391 g/mol. The van der Waals surface area contributed by atoms with Crippen molar-refractivity contribution in [3.63, 3.8) is 0 Å². The topological polar surface area (TPSA) is 113 Å². The van der Waals surface area contributed by atoms with Gasteiger partial charge in [0.1, 0.15) is 6.54 Å². The molecule has 10 heteroatoms. The molecule has 0 aromatic heterocycles. The summed E-state index contributed by atoms with van der Waals surface area (Å²) in [6, 6.07) is 9.64. The molecule has 2 rings (SSSR count). The van der Waals surface area contributed by atoms with Crippen LogP contribution in [0.1, 0.15) is 10.4 Å². The molecular formula is C15H12Cl2N2O5S. The molecule has 0 saturated carbocycles. The normalized spacial score (nSPS) is 11.1. The van der Waals surface area contributed by atoms with E-state index >= 15 is 0 Å². The second-order valence-corrected chi connectivity index (χ2v) is 7.43. The number of halogens is 2. The maximum absolute atomic E-state index is 12.2. The molecule has 2 aromatic rings. The maximum atomic E-state index is 12.2. The van der Waals surface area contributed by atoms with E-state index in [0.29, 0.717) is 10.7 Å². The van der Waals surface area contributed by atoms with Gasteiger partial charge in [0.2, 0.25) is 10.0 Å². The Morgan fingerprint density at radius 3 is 2.24 bits per heavy atom. The van der Waals surface area contributed by atoms with Gasteiger partial charge in [-0.2, -0.15) is 4.72 Å². The van der Waals surface area contributed by atoms with Crippen molar-refractivity contribution >= 4 is 50.8 Å². The van der Waals surface area contributed by atoms with Gasteiger partial charge in [0, 0.05) is 10.7 Å². The summed E-state index contributed by atoms with van der Waals surface area (Å²) in [6.07, 6.45) is 0. The number of anilines is 1. The number of nitrogens with one attached hydrogen (secondary N) is 2. The Morgan fingerprint density at radius 1 is 1.04 bits per heavy atom. The summed E-state index contributed by atoms with van der Waals surface area (Å²) < 4.78 is 25.7. The highest BCUT2D eigenvalue weighted by Crippen LogP contribution is 2.22. The van der Waals surface area contributed by atoms with Gasteiger partial charge in [-0.25, -0.2) is 8.42 Å². The standard InChI is InChI=1S/C15H12Cl2N2O5S/c16-9-1-6-12(13(17)7-9)15(22)19-10-2-4-11(5-3-10)25(23,24)18-8-14(20)21/h1-7,18H,8H2,(H,19,22)(H,20,21). The van der Waals surface area contributed by atoms with Gasteiger partial charge in [-0.15, -0.1) is 0 Å². The van der Waals surface area contributed by atoms with Gasteiger partial charge < -0.3 is 10.4 Å². The zero-order chi connectivity index (χ0) is 18.6. The van der Waals surface area contributed by atoms with Crippen LogP contribution in [0.5, 0.6) is 0 Å². The fourth-order valence-electron chi connectivity index (χ4n) is 1.83. The summed E-state index contributed by atoms with van der Waals surface area (Å²) in [7, 11) is -3.94. The lowest BCUT2D eigenvalue weighted by molar-refractivity contribution is -0.135. The van der Waals surface area contributed by atoms with Crippen LogP contribution < -0.4 is 10.0 Å². The van der Waals surface area contributed by atoms with Gasteiger partial charge in [-0.3, -0.25) is 9.59 Å². The number of carboxylic acid groups (broad SMARTS) is 1. The Morgan fingerprint density at radius 2 is 1.68 bits per heavy atom. The highest BCUT2D eigenvalue weighted by molar-refractivity contribution is 7.89. The Hall–Kier alpha value is -2.13. The summed E-state index contributed by atoms with van der Waals surface area (Å²) in [4.78, 5) is 22.5. The highest BCUT2D eigenvalue weighted by atomic mass is 35.5. The van der Waals surface area contributed by atoms with E-state index in [-0.39, 0.29) is 15.5 Å². The lowest BCUT2D eigenvalue weighted by atomic mass is 10.2. The lowest BCUT2D eigenvalue weighted by Crippen LogP contribution is -2.29. The molecule has 1 amide bonds. The van der Waals surface area contributed by atoms with Gasteiger partial charge in [0.15, 0.2) is 0 Å². The lowest BCUT2D eigenvalue weighted by Gasteiger charge is -2.09. The molecule has 2 aromatic carbocycles. The number of carbonyl (C=O) groups is 2.